The fourth-order valence-corrected chi connectivity index (χ4v) is 2.72. The lowest BCUT2D eigenvalue weighted by Gasteiger charge is -2.23. The molecule has 24 heavy (non-hydrogen) atoms. The van der Waals surface area contributed by atoms with Crippen LogP contribution >= 0.6 is 12.4 Å². The average molecular weight is 357 g/mol. The summed E-state index contributed by atoms with van der Waals surface area (Å²) >= 11 is 0. The normalized spacial score (nSPS) is 20.0. The lowest BCUT2D eigenvalue weighted by molar-refractivity contribution is 0.0776. The zero-order chi connectivity index (χ0) is 17.0. The number of ether oxygens (including phenoxy) is 2. The van der Waals surface area contributed by atoms with Crippen LogP contribution in [-0.2, 0) is 0 Å². The lowest BCUT2D eigenvalue weighted by atomic mass is 9.90. The van der Waals surface area contributed by atoms with E-state index >= 15 is 0 Å². The third kappa shape index (κ3) is 4.77. The van der Waals surface area contributed by atoms with Crippen LogP contribution in [0.25, 0.3) is 0 Å². The van der Waals surface area contributed by atoms with Crippen molar-refractivity contribution in [3.63, 3.8) is 0 Å². The Bertz CT molecular complexity index is 565. The summed E-state index contributed by atoms with van der Waals surface area (Å²) in [7, 11) is 1.59. The topological polar surface area (TPSA) is 64.8 Å². The van der Waals surface area contributed by atoms with Crippen LogP contribution in [0.3, 0.4) is 0 Å². The third-order valence-electron chi connectivity index (χ3n) is 4.32. The third-order valence-corrected chi connectivity index (χ3v) is 4.32. The van der Waals surface area contributed by atoms with Gasteiger partial charge >= 0.3 is 0 Å². The maximum atomic E-state index is 12.7. The minimum absolute atomic E-state index is 0. The fourth-order valence-electron chi connectivity index (χ4n) is 2.72. The average Bonchev–Trinajstić information content (AvgIpc) is 2.95. The van der Waals surface area contributed by atoms with Gasteiger partial charge in [0.05, 0.1) is 13.7 Å². The SMILES string of the molecule is COc1cc(C(=O)N2CCC(C)(CN)C2)ccc1OCC(C)C.Cl. The lowest BCUT2D eigenvalue weighted by Crippen LogP contribution is -2.34. The summed E-state index contributed by atoms with van der Waals surface area (Å²) in [5.41, 5.74) is 6.47. The van der Waals surface area contributed by atoms with E-state index < -0.39 is 0 Å². The van der Waals surface area contributed by atoms with Gasteiger partial charge in [-0.3, -0.25) is 4.79 Å². The molecule has 136 valence electrons. The van der Waals surface area contributed by atoms with E-state index in [0.717, 1.165) is 13.0 Å². The van der Waals surface area contributed by atoms with Crippen molar-refractivity contribution in [2.24, 2.45) is 17.1 Å². The Hall–Kier alpha value is -1.46. The Morgan fingerprint density at radius 2 is 2.08 bits per heavy atom. The summed E-state index contributed by atoms with van der Waals surface area (Å²) in [4.78, 5) is 14.6. The quantitative estimate of drug-likeness (QED) is 0.851. The van der Waals surface area contributed by atoms with Gasteiger partial charge in [-0.2, -0.15) is 0 Å². The van der Waals surface area contributed by atoms with Gasteiger partial charge in [-0.1, -0.05) is 20.8 Å². The number of nitrogens with zero attached hydrogens (tertiary/aromatic N) is 1. The highest BCUT2D eigenvalue weighted by atomic mass is 35.5. The molecule has 1 amide bonds. The largest absolute Gasteiger partial charge is 0.493 e. The molecule has 1 heterocycles. The number of carbonyl (C=O) groups excluding carboxylic acids is 1. The molecule has 0 bridgehead atoms. The zero-order valence-corrected chi connectivity index (χ0v) is 15.8. The summed E-state index contributed by atoms with van der Waals surface area (Å²) in [6.45, 7) is 8.98. The monoisotopic (exact) mass is 356 g/mol. The molecule has 1 saturated heterocycles. The molecule has 1 aliphatic heterocycles. The highest BCUT2D eigenvalue weighted by Gasteiger charge is 2.35. The van der Waals surface area contributed by atoms with Crippen LogP contribution in [0.4, 0.5) is 0 Å². The molecule has 2 N–H and O–H groups in total. The number of methoxy groups -OCH3 is 1. The number of likely N-dealkylation sites (tertiary alicyclic amines) is 1. The Morgan fingerprint density at radius 3 is 2.62 bits per heavy atom. The predicted octanol–water partition coefficient (Wildman–Crippen LogP) is 2.96. The molecular weight excluding hydrogens is 328 g/mol. The number of benzene rings is 1. The summed E-state index contributed by atoms with van der Waals surface area (Å²) in [6, 6.07) is 5.38. The zero-order valence-electron chi connectivity index (χ0n) is 15.0. The molecular formula is C18H29ClN2O3. The standard InChI is InChI=1S/C18H28N2O3.ClH/c1-13(2)10-23-15-6-5-14(9-16(15)22-4)17(21)20-8-7-18(3,11-19)12-20;/h5-6,9,13H,7-8,10-12,19H2,1-4H3;1H. The minimum Gasteiger partial charge on any atom is -0.493 e. The van der Waals surface area contributed by atoms with Crippen molar-refractivity contribution in [3.8, 4) is 11.5 Å². The molecule has 2 rings (SSSR count). The minimum atomic E-state index is 0. The van der Waals surface area contributed by atoms with Gasteiger partial charge in [0.2, 0.25) is 0 Å². The van der Waals surface area contributed by atoms with Crippen molar-refractivity contribution in [1.82, 2.24) is 4.90 Å². The summed E-state index contributed by atoms with van der Waals surface area (Å²) in [6.07, 6.45) is 0.946. The first-order valence-corrected chi connectivity index (χ1v) is 8.19. The van der Waals surface area contributed by atoms with E-state index in [9.17, 15) is 4.79 Å². The van der Waals surface area contributed by atoms with E-state index in [1.54, 1.807) is 19.2 Å². The van der Waals surface area contributed by atoms with Crippen molar-refractivity contribution in [1.29, 1.82) is 0 Å². The van der Waals surface area contributed by atoms with Gasteiger partial charge in [-0.05, 0) is 42.5 Å². The second kappa shape index (κ2) is 8.58. The van der Waals surface area contributed by atoms with Crippen LogP contribution in [0.15, 0.2) is 18.2 Å². The first-order chi connectivity index (χ1) is 10.9. The molecule has 0 saturated carbocycles. The Kier molecular flexibility index (Phi) is 7.36. The van der Waals surface area contributed by atoms with Crippen LogP contribution in [0.2, 0.25) is 0 Å². The first kappa shape index (κ1) is 20.6. The number of nitrogens with two attached hydrogens (primary N) is 1. The van der Waals surface area contributed by atoms with E-state index in [1.807, 2.05) is 11.0 Å². The highest BCUT2D eigenvalue weighted by molar-refractivity contribution is 5.95. The smallest absolute Gasteiger partial charge is 0.254 e. The van der Waals surface area contributed by atoms with Crippen LogP contribution in [0.1, 0.15) is 37.6 Å². The predicted molar refractivity (Wildman–Crippen MR) is 98.3 cm³/mol. The van der Waals surface area contributed by atoms with Crippen molar-refractivity contribution < 1.29 is 14.3 Å². The van der Waals surface area contributed by atoms with Gasteiger partial charge in [0.1, 0.15) is 0 Å². The second-order valence-electron chi connectivity index (χ2n) is 7.06. The fraction of sp³-hybridized carbons (Fsp3) is 0.611. The molecule has 0 radical (unpaired) electrons. The number of hydrogen-bond donors (Lipinski definition) is 1. The van der Waals surface area contributed by atoms with Crippen molar-refractivity contribution in [2.45, 2.75) is 27.2 Å². The summed E-state index contributed by atoms with van der Waals surface area (Å²) < 4.78 is 11.1. The Labute approximate surface area is 150 Å². The van der Waals surface area contributed by atoms with E-state index in [0.29, 0.717) is 42.7 Å². The molecule has 1 aromatic carbocycles. The molecule has 1 aliphatic rings. The molecule has 0 spiro atoms. The maximum Gasteiger partial charge on any atom is 0.254 e. The van der Waals surface area contributed by atoms with E-state index in [4.69, 9.17) is 15.2 Å². The van der Waals surface area contributed by atoms with Gasteiger partial charge in [0.15, 0.2) is 11.5 Å². The van der Waals surface area contributed by atoms with Crippen LogP contribution < -0.4 is 15.2 Å². The van der Waals surface area contributed by atoms with Gasteiger partial charge in [0.25, 0.3) is 5.91 Å². The van der Waals surface area contributed by atoms with Gasteiger partial charge in [0, 0.05) is 18.7 Å². The molecule has 1 fully saturated rings. The number of amides is 1. The maximum absolute atomic E-state index is 12.7. The van der Waals surface area contributed by atoms with E-state index in [2.05, 4.69) is 20.8 Å². The first-order valence-electron chi connectivity index (χ1n) is 8.19. The molecule has 1 aromatic rings. The molecule has 6 heteroatoms. The molecule has 5 nitrogen and oxygen atoms in total. The molecule has 0 aliphatic carbocycles. The summed E-state index contributed by atoms with van der Waals surface area (Å²) in [5, 5.41) is 0. The number of rotatable bonds is 6. The highest BCUT2D eigenvalue weighted by Crippen LogP contribution is 2.32. The van der Waals surface area contributed by atoms with Crippen molar-refractivity contribution in [2.75, 3.05) is 33.4 Å². The second-order valence-corrected chi connectivity index (χ2v) is 7.06. The van der Waals surface area contributed by atoms with Crippen LogP contribution in [-0.4, -0.2) is 44.2 Å². The van der Waals surface area contributed by atoms with Crippen LogP contribution in [0, 0.1) is 11.3 Å². The number of halogens is 1. The Morgan fingerprint density at radius 1 is 1.38 bits per heavy atom. The van der Waals surface area contributed by atoms with Crippen molar-refractivity contribution in [3.05, 3.63) is 23.8 Å². The van der Waals surface area contributed by atoms with Crippen molar-refractivity contribution >= 4 is 18.3 Å². The van der Waals surface area contributed by atoms with Gasteiger partial charge in [-0.25, -0.2) is 0 Å². The molecule has 1 unspecified atom stereocenters. The Balaban J connectivity index is 0.00000288. The summed E-state index contributed by atoms with van der Waals surface area (Å²) in [5.74, 6) is 1.72. The molecule has 1 atom stereocenters. The van der Waals surface area contributed by atoms with E-state index in [-0.39, 0.29) is 23.7 Å². The number of hydrogen-bond acceptors (Lipinski definition) is 4. The van der Waals surface area contributed by atoms with E-state index in [1.165, 1.54) is 0 Å². The molecule has 0 aromatic heterocycles. The van der Waals surface area contributed by atoms with Gasteiger partial charge in [-0.15, -0.1) is 12.4 Å². The van der Waals surface area contributed by atoms with Crippen LogP contribution in [0.5, 0.6) is 11.5 Å². The van der Waals surface area contributed by atoms with Gasteiger partial charge < -0.3 is 20.1 Å². The number of carbonyl (C=O) groups is 1.